The summed E-state index contributed by atoms with van der Waals surface area (Å²) >= 11 is 0. The van der Waals surface area contributed by atoms with Crippen LogP contribution < -0.4 is 10.2 Å². The van der Waals surface area contributed by atoms with Crippen molar-refractivity contribution in [2.24, 2.45) is 0 Å². The Bertz CT molecular complexity index is 690. The highest BCUT2D eigenvalue weighted by molar-refractivity contribution is 5.88. The fourth-order valence-corrected chi connectivity index (χ4v) is 4.04. The second-order valence-corrected chi connectivity index (χ2v) is 7.26. The molecule has 2 aliphatic rings. The van der Waals surface area contributed by atoms with Gasteiger partial charge in [0.25, 0.3) is 0 Å². The Labute approximate surface area is 148 Å². The normalized spacial score (nSPS) is 20.4. The van der Waals surface area contributed by atoms with Crippen LogP contribution >= 0.6 is 0 Å². The lowest BCUT2D eigenvalue weighted by molar-refractivity contribution is 0.247. The summed E-state index contributed by atoms with van der Waals surface area (Å²) in [6.45, 7) is 6.00. The monoisotopic (exact) mass is 346 g/mol. The number of halogens is 1. The summed E-state index contributed by atoms with van der Waals surface area (Å²) in [6.07, 6.45) is 6.83. The maximum atomic E-state index is 13.5. The molecule has 2 aromatic rings. The van der Waals surface area contributed by atoms with E-state index in [1.54, 1.807) is 6.07 Å². The van der Waals surface area contributed by atoms with Gasteiger partial charge < -0.3 is 14.7 Å². The van der Waals surface area contributed by atoms with Gasteiger partial charge in [-0.2, -0.15) is 0 Å². The van der Waals surface area contributed by atoms with Gasteiger partial charge in [-0.25, -0.2) is 4.39 Å². The Kier molecular flexibility index (Phi) is 5.17. The molecule has 1 saturated carbocycles. The SMILES string of the molecule is Fc1ccc2onc(N3CCN(CCNC4CCCCC4)CC3)c2c1. The van der Waals surface area contributed by atoms with E-state index < -0.39 is 0 Å². The number of hydrogen-bond donors (Lipinski definition) is 1. The summed E-state index contributed by atoms with van der Waals surface area (Å²) in [6, 6.07) is 5.30. The van der Waals surface area contributed by atoms with Gasteiger partial charge >= 0.3 is 0 Å². The Hall–Kier alpha value is -1.66. The van der Waals surface area contributed by atoms with Crippen LogP contribution in [0.15, 0.2) is 22.7 Å². The zero-order valence-electron chi connectivity index (χ0n) is 14.7. The first kappa shape index (κ1) is 16.8. The lowest BCUT2D eigenvalue weighted by atomic mass is 9.95. The highest BCUT2D eigenvalue weighted by Crippen LogP contribution is 2.27. The van der Waals surface area contributed by atoms with E-state index in [1.165, 1.54) is 44.2 Å². The van der Waals surface area contributed by atoms with E-state index in [4.69, 9.17) is 4.52 Å². The minimum atomic E-state index is -0.246. The smallest absolute Gasteiger partial charge is 0.180 e. The van der Waals surface area contributed by atoms with E-state index >= 15 is 0 Å². The minimum absolute atomic E-state index is 0.246. The third-order valence-electron chi connectivity index (χ3n) is 5.55. The van der Waals surface area contributed by atoms with Crippen molar-refractivity contribution >= 4 is 16.8 Å². The molecule has 136 valence electrons. The van der Waals surface area contributed by atoms with Crippen molar-refractivity contribution in [2.45, 2.75) is 38.1 Å². The Morgan fingerprint density at radius 2 is 1.92 bits per heavy atom. The summed E-state index contributed by atoms with van der Waals surface area (Å²) in [7, 11) is 0. The van der Waals surface area contributed by atoms with Gasteiger partial charge in [0, 0.05) is 45.3 Å². The zero-order valence-corrected chi connectivity index (χ0v) is 14.7. The van der Waals surface area contributed by atoms with Crippen LogP contribution in [0, 0.1) is 5.82 Å². The van der Waals surface area contributed by atoms with E-state index in [9.17, 15) is 4.39 Å². The topological polar surface area (TPSA) is 44.5 Å². The van der Waals surface area contributed by atoms with Gasteiger partial charge in [-0.15, -0.1) is 0 Å². The quantitative estimate of drug-likeness (QED) is 0.902. The number of fused-ring (bicyclic) bond motifs is 1. The van der Waals surface area contributed by atoms with Gasteiger partial charge in [-0.1, -0.05) is 24.4 Å². The number of rotatable bonds is 5. The molecule has 0 unspecified atom stereocenters. The van der Waals surface area contributed by atoms with Crippen LogP contribution in [-0.4, -0.2) is 55.4 Å². The van der Waals surface area contributed by atoms with Crippen molar-refractivity contribution in [2.75, 3.05) is 44.2 Å². The molecule has 1 aliphatic carbocycles. The molecule has 1 saturated heterocycles. The predicted molar refractivity (Wildman–Crippen MR) is 97.5 cm³/mol. The standard InChI is InChI=1S/C19H27FN4O/c20-15-6-7-18-17(14-15)19(22-25-18)24-12-10-23(11-13-24)9-8-21-16-4-2-1-3-5-16/h6-7,14,16,21H,1-5,8-13H2. The molecule has 2 fully saturated rings. The Balaban J connectivity index is 1.27. The zero-order chi connectivity index (χ0) is 17.1. The van der Waals surface area contributed by atoms with Crippen molar-refractivity contribution in [3.05, 3.63) is 24.0 Å². The van der Waals surface area contributed by atoms with Crippen molar-refractivity contribution < 1.29 is 8.91 Å². The minimum Gasteiger partial charge on any atom is -0.354 e. The number of nitrogens with one attached hydrogen (secondary N) is 1. The molecule has 1 aromatic heterocycles. The number of hydrogen-bond acceptors (Lipinski definition) is 5. The van der Waals surface area contributed by atoms with E-state index in [1.807, 2.05) is 0 Å². The molecule has 5 nitrogen and oxygen atoms in total. The molecule has 0 bridgehead atoms. The third-order valence-corrected chi connectivity index (χ3v) is 5.55. The van der Waals surface area contributed by atoms with Gasteiger partial charge in [-0.05, 0) is 31.0 Å². The molecule has 0 radical (unpaired) electrons. The fourth-order valence-electron chi connectivity index (χ4n) is 4.04. The molecule has 1 aliphatic heterocycles. The molecule has 25 heavy (non-hydrogen) atoms. The first-order valence-corrected chi connectivity index (χ1v) is 9.55. The molecular formula is C19H27FN4O. The van der Waals surface area contributed by atoms with Gasteiger partial charge in [0.15, 0.2) is 11.4 Å². The highest BCUT2D eigenvalue weighted by atomic mass is 19.1. The summed E-state index contributed by atoms with van der Waals surface area (Å²) in [5, 5.41) is 8.65. The maximum absolute atomic E-state index is 13.5. The van der Waals surface area contributed by atoms with Crippen LogP contribution in [0.25, 0.3) is 11.0 Å². The van der Waals surface area contributed by atoms with Crippen molar-refractivity contribution in [1.82, 2.24) is 15.4 Å². The number of benzene rings is 1. The fraction of sp³-hybridized carbons (Fsp3) is 0.632. The average Bonchev–Trinajstić information content (AvgIpc) is 3.06. The van der Waals surface area contributed by atoms with Gasteiger partial charge in [0.2, 0.25) is 0 Å². The van der Waals surface area contributed by atoms with Crippen molar-refractivity contribution in [3.63, 3.8) is 0 Å². The number of aromatic nitrogens is 1. The second-order valence-electron chi connectivity index (χ2n) is 7.26. The van der Waals surface area contributed by atoms with Crippen LogP contribution in [0.2, 0.25) is 0 Å². The van der Waals surface area contributed by atoms with E-state index in [2.05, 4.69) is 20.3 Å². The first-order chi connectivity index (χ1) is 12.3. The van der Waals surface area contributed by atoms with Crippen LogP contribution in [0.5, 0.6) is 0 Å². The van der Waals surface area contributed by atoms with Crippen molar-refractivity contribution in [3.8, 4) is 0 Å². The van der Waals surface area contributed by atoms with E-state index in [-0.39, 0.29) is 5.82 Å². The lowest BCUT2D eigenvalue weighted by Gasteiger charge is -2.35. The summed E-state index contributed by atoms with van der Waals surface area (Å²) in [4.78, 5) is 4.70. The molecule has 1 aromatic carbocycles. The lowest BCUT2D eigenvalue weighted by Crippen LogP contribution is -2.49. The number of nitrogens with zero attached hydrogens (tertiary/aromatic N) is 3. The first-order valence-electron chi connectivity index (χ1n) is 9.55. The Morgan fingerprint density at radius 1 is 1.12 bits per heavy atom. The third kappa shape index (κ3) is 3.96. The molecule has 0 spiro atoms. The molecule has 4 rings (SSSR count). The summed E-state index contributed by atoms with van der Waals surface area (Å²) < 4.78 is 18.8. The van der Waals surface area contributed by atoms with E-state index in [0.717, 1.165) is 56.5 Å². The van der Waals surface area contributed by atoms with Crippen molar-refractivity contribution in [1.29, 1.82) is 0 Å². The maximum Gasteiger partial charge on any atom is 0.180 e. The van der Waals surface area contributed by atoms with Crippen LogP contribution in [-0.2, 0) is 0 Å². The predicted octanol–water partition coefficient (Wildman–Crippen LogP) is 3.01. The average molecular weight is 346 g/mol. The molecule has 6 heteroatoms. The Morgan fingerprint density at radius 3 is 2.72 bits per heavy atom. The summed E-state index contributed by atoms with van der Waals surface area (Å²) in [5.74, 6) is 0.527. The molecule has 2 heterocycles. The van der Waals surface area contributed by atoms with Gasteiger partial charge in [0.05, 0.1) is 5.39 Å². The van der Waals surface area contributed by atoms with Crippen LogP contribution in [0.3, 0.4) is 0 Å². The van der Waals surface area contributed by atoms with Crippen LogP contribution in [0.1, 0.15) is 32.1 Å². The van der Waals surface area contributed by atoms with Gasteiger partial charge in [-0.3, -0.25) is 4.90 Å². The van der Waals surface area contributed by atoms with Gasteiger partial charge in [0.1, 0.15) is 5.82 Å². The number of anilines is 1. The largest absolute Gasteiger partial charge is 0.354 e. The molecule has 1 N–H and O–H groups in total. The molecule has 0 atom stereocenters. The number of piperazine rings is 1. The van der Waals surface area contributed by atoms with Crippen LogP contribution in [0.4, 0.5) is 10.2 Å². The molecule has 0 amide bonds. The summed E-state index contributed by atoms with van der Waals surface area (Å²) in [5.41, 5.74) is 0.649. The second kappa shape index (κ2) is 7.70. The molecular weight excluding hydrogens is 319 g/mol. The van der Waals surface area contributed by atoms with E-state index in [0.29, 0.717) is 5.58 Å². The highest BCUT2D eigenvalue weighted by Gasteiger charge is 2.22.